The first-order chi connectivity index (χ1) is 21.6. The van der Waals surface area contributed by atoms with Gasteiger partial charge in [0.2, 0.25) is 0 Å². The monoisotopic (exact) mass is 667 g/mol. The largest absolute Gasteiger partial charge is 0.507 e. The van der Waals surface area contributed by atoms with E-state index in [1.165, 1.54) is 37.2 Å². The Morgan fingerprint density at radius 3 is 1.53 bits per heavy atom. The van der Waals surface area contributed by atoms with Gasteiger partial charge in [0.1, 0.15) is 23.6 Å². The van der Waals surface area contributed by atoms with E-state index in [-0.39, 0.29) is 27.4 Å². The van der Waals surface area contributed by atoms with Gasteiger partial charge in [0.25, 0.3) is 0 Å². The molecule has 0 aromatic heterocycles. The molecule has 2 N–H and O–H groups in total. The molecule has 1 aliphatic heterocycles. The maximum Gasteiger partial charge on any atom is 0.305 e. The number of phenolic OH excluding ortho intramolecular Hbond substituents is 2. The predicted molar refractivity (Wildman–Crippen MR) is 200 cm³/mol. The Morgan fingerprint density at radius 2 is 1.09 bits per heavy atom. The normalized spacial score (nSPS) is 16.0. The minimum atomic E-state index is -0.866. The van der Waals surface area contributed by atoms with Crippen molar-refractivity contribution in [2.45, 2.75) is 157 Å². The molecule has 0 spiro atoms. The first kappa shape index (κ1) is 38.6. The highest BCUT2D eigenvalue weighted by Gasteiger charge is 2.32. The van der Waals surface area contributed by atoms with Crippen molar-refractivity contribution in [1.29, 1.82) is 0 Å². The van der Waals surface area contributed by atoms with Crippen LogP contribution >= 0.6 is 11.8 Å². The molecule has 7 nitrogen and oxygen atoms in total. The van der Waals surface area contributed by atoms with Crippen molar-refractivity contribution in [1.82, 2.24) is 5.06 Å². The number of ether oxygens (including phenoxy) is 1. The van der Waals surface area contributed by atoms with Gasteiger partial charge in [0.15, 0.2) is 10.9 Å². The average molecular weight is 668 g/mol. The maximum atomic E-state index is 11.3. The third-order valence-corrected chi connectivity index (χ3v) is 9.26. The fourth-order valence-electron chi connectivity index (χ4n) is 5.48. The van der Waals surface area contributed by atoms with Gasteiger partial charge in [-0.1, -0.05) is 134 Å². The first-order valence-corrected chi connectivity index (χ1v) is 18.2. The zero-order chi connectivity index (χ0) is 35.4. The fourth-order valence-corrected chi connectivity index (χ4v) is 6.30. The van der Waals surface area contributed by atoms with E-state index < -0.39 is 6.35 Å². The zero-order valence-corrected chi connectivity index (χ0v) is 32.2. The quantitative estimate of drug-likeness (QED) is 0.232. The minimum Gasteiger partial charge on any atom is -0.507 e. The van der Waals surface area contributed by atoms with Crippen LogP contribution < -0.4 is 9.57 Å². The summed E-state index contributed by atoms with van der Waals surface area (Å²) in [7, 11) is 0. The summed E-state index contributed by atoms with van der Waals surface area (Å²) in [5, 5.41) is 24.8. The summed E-state index contributed by atoms with van der Waals surface area (Å²) in [5.74, 6) is 2.67. The van der Waals surface area contributed by atoms with E-state index in [1.807, 2.05) is 24.3 Å². The smallest absolute Gasteiger partial charge is 0.305 e. The lowest BCUT2D eigenvalue weighted by molar-refractivity contribution is -0.0923. The zero-order valence-electron chi connectivity index (χ0n) is 31.4. The van der Waals surface area contributed by atoms with Crippen LogP contribution in [-0.2, 0) is 21.7 Å². The van der Waals surface area contributed by atoms with Crippen LogP contribution in [-0.4, -0.2) is 38.9 Å². The molecule has 47 heavy (non-hydrogen) atoms. The molecule has 8 heteroatoms. The van der Waals surface area contributed by atoms with Crippen molar-refractivity contribution >= 4 is 23.3 Å². The summed E-state index contributed by atoms with van der Waals surface area (Å²) in [6, 6.07) is 7.59. The molecule has 2 aromatic rings. The van der Waals surface area contributed by atoms with E-state index >= 15 is 0 Å². The van der Waals surface area contributed by atoms with Gasteiger partial charge in [-0.15, -0.1) is 5.06 Å². The summed E-state index contributed by atoms with van der Waals surface area (Å²) < 4.78 is 6.64. The van der Waals surface area contributed by atoms with E-state index in [1.54, 1.807) is 18.1 Å². The van der Waals surface area contributed by atoms with E-state index in [0.717, 1.165) is 34.4 Å². The maximum absolute atomic E-state index is 11.3. The number of aliphatic imine (C=N–C) groups is 2. The van der Waals surface area contributed by atoms with Crippen molar-refractivity contribution in [2.75, 3.05) is 5.75 Å². The number of hydrogen-bond donors (Lipinski definition) is 2. The van der Waals surface area contributed by atoms with E-state index in [9.17, 15) is 10.2 Å². The van der Waals surface area contributed by atoms with Gasteiger partial charge in [-0.25, -0.2) is 4.99 Å². The second kappa shape index (κ2) is 15.1. The summed E-state index contributed by atoms with van der Waals surface area (Å²) in [6.07, 6.45) is 8.15. The van der Waals surface area contributed by atoms with Crippen LogP contribution in [0.5, 0.6) is 23.0 Å². The van der Waals surface area contributed by atoms with Crippen molar-refractivity contribution in [3.8, 4) is 23.0 Å². The lowest BCUT2D eigenvalue weighted by Gasteiger charge is -2.32. The first-order valence-electron chi connectivity index (χ1n) is 17.3. The van der Waals surface area contributed by atoms with E-state index in [4.69, 9.17) is 14.6 Å². The molecule has 0 fully saturated rings. The summed E-state index contributed by atoms with van der Waals surface area (Å²) in [4.78, 5) is 16.1. The number of aromatic hydroxyl groups is 2. The molecule has 3 rings (SSSR count). The Kier molecular flexibility index (Phi) is 12.4. The topological polar surface area (TPSA) is 86.9 Å². The van der Waals surface area contributed by atoms with Crippen LogP contribution in [0.15, 0.2) is 34.3 Å². The van der Waals surface area contributed by atoms with Crippen LogP contribution in [0.25, 0.3) is 0 Å². The molecular formula is C39H61N3O4S. The second-order valence-electron chi connectivity index (χ2n) is 16.9. The number of hydroxylamine groups is 2. The van der Waals surface area contributed by atoms with Crippen LogP contribution in [0, 0.1) is 0 Å². The number of nitrogens with zero attached hydrogens (tertiary/aromatic N) is 3. The number of thioether (sulfide) groups is 1. The van der Waals surface area contributed by atoms with E-state index in [0.29, 0.717) is 22.4 Å². The molecular weight excluding hydrogens is 607 g/mol. The van der Waals surface area contributed by atoms with Crippen molar-refractivity contribution in [2.24, 2.45) is 9.98 Å². The molecule has 1 atom stereocenters. The van der Waals surface area contributed by atoms with Gasteiger partial charge < -0.3 is 19.8 Å². The van der Waals surface area contributed by atoms with Gasteiger partial charge >= 0.3 is 6.35 Å². The van der Waals surface area contributed by atoms with Crippen LogP contribution in [0.1, 0.15) is 151 Å². The molecule has 0 radical (unpaired) electrons. The van der Waals surface area contributed by atoms with Crippen LogP contribution in [0.4, 0.5) is 0 Å². The Bertz CT molecular complexity index is 1350. The second-order valence-corrected chi connectivity index (χ2v) is 18.0. The minimum absolute atomic E-state index is 0.289. The number of unbranched alkanes of at least 4 members (excludes halogenated alkanes) is 5. The molecule has 1 aliphatic rings. The third-order valence-electron chi connectivity index (χ3n) is 8.30. The van der Waals surface area contributed by atoms with Crippen LogP contribution in [0.3, 0.4) is 0 Å². The molecule has 2 aromatic carbocycles. The molecule has 0 saturated heterocycles. The molecule has 262 valence electrons. The van der Waals surface area contributed by atoms with Crippen molar-refractivity contribution in [3.05, 3.63) is 46.5 Å². The van der Waals surface area contributed by atoms with E-state index in [2.05, 4.69) is 95.0 Å². The van der Waals surface area contributed by atoms with Gasteiger partial charge in [0.05, 0.1) is 0 Å². The summed E-state index contributed by atoms with van der Waals surface area (Å²) in [6.45, 7) is 27.2. The van der Waals surface area contributed by atoms with Gasteiger partial charge in [-0.3, -0.25) is 0 Å². The highest BCUT2D eigenvalue weighted by atomic mass is 32.2. The van der Waals surface area contributed by atoms with Crippen molar-refractivity contribution < 1.29 is 19.8 Å². The predicted octanol–water partition coefficient (Wildman–Crippen LogP) is 10.7. The lowest BCUT2D eigenvalue weighted by Crippen LogP contribution is -2.42. The van der Waals surface area contributed by atoms with Gasteiger partial charge in [0, 0.05) is 28.0 Å². The molecule has 0 bridgehead atoms. The Labute approximate surface area is 289 Å². The fraction of sp³-hybridized carbons (Fsp3) is 0.641. The van der Waals surface area contributed by atoms with Gasteiger partial charge in [-0.2, -0.15) is 4.99 Å². The standard InChI is InChI=1S/C39H61N3O4S/c1-14-15-16-17-18-19-20-47-34-40-25-42(46-27-23-30(38(8,9)10)33(44)31(24-27)39(11,12)13)35(41-34)45-26-21-28(36(2,3)4)32(43)29(22-26)37(5,6)7/h21-25,35,43-44H,14-20H2,1-13H3. The summed E-state index contributed by atoms with van der Waals surface area (Å²) in [5.41, 5.74) is 1.96. The molecule has 0 aliphatic carbocycles. The van der Waals surface area contributed by atoms with Crippen LogP contribution in [0.2, 0.25) is 0 Å². The summed E-state index contributed by atoms with van der Waals surface area (Å²) >= 11 is 1.63. The molecule has 0 amide bonds. The Hall–Kier alpha value is -2.87. The lowest BCUT2D eigenvalue weighted by atomic mass is 9.79. The van der Waals surface area contributed by atoms with Gasteiger partial charge in [-0.05, 0) is 52.3 Å². The number of rotatable bonds is 11. The molecule has 1 unspecified atom stereocenters. The van der Waals surface area contributed by atoms with Crippen molar-refractivity contribution in [3.63, 3.8) is 0 Å². The average Bonchev–Trinajstić information content (AvgIpc) is 2.93. The molecule has 0 saturated carbocycles. The highest BCUT2D eigenvalue weighted by Crippen LogP contribution is 2.44. The number of benzene rings is 2. The number of amidine groups is 1. The number of phenols is 2. The Balaban J connectivity index is 2.02. The number of hydrogen-bond acceptors (Lipinski definition) is 8. The Morgan fingerprint density at radius 1 is 0.660 bits per heavy atom. The third kappa shape index (κ3) is 10.6. The molecule has 1 heterocycles. The highest BCUT2D eigenvalue weighted by molar-refractivity contribution is 8.13. The SMILES string of the molecule is CCCCCCCCSC1=NC(Oc2cc(C(C)(C)C)c(O)c(C(C)(C)C)c2)N(Oc2cc(C(C)(C)C)c(O)c(C(C)(C)C)c2)C=N1.